The number of aromatic nitrogens is 4. The SMILES string of the molecule is COc1cc(C(=O)Nc2nnc(-c3ccncc3)s2)cnc1O[C@@H](C)c1ccccc1. The van der Waals surface area contributed by atoms with Crippen LogP contribution in [0.2, 0.25) is 0 Å². The molecule has 0 spiro atoms. The molecule has 1 atom stereocenters. The van der Waals surface area contributed by atoms with Crippen LogP contribution in [-0.4, -0.2) is 33.2 Å². The summed E-state index contributed by atoms with van der Waals surface area (Å²) in [6, 6.07) is 15.0. The number of anilines is 1. The van der Waals surface area contributed by atoms with E-state index in [0.29, 0.717) is 27.3 Å². The average molecular weight is 433 g/mol. The molecule has 0 saturated carbocycles. The van der Waals surface area contributed by atoms with Gasteiger partial charge in [0.2, 0.25) is 5.13 Å². The maximum atomic E-state index is 12.7. The first-order valence-corrected chi connectivity index (χ1v) is 10.3. The number of pyridine rings is 2. The number of nitrogens with one attached hydrogen (secondary N) is 1. The van der Waals surface area contributed by atoms with Gasteiger partial charge in [0.05, 0.1) is 12.7 Å². The van der Waals surface area contributed by atoms with E-state index >= 15 is 0 Å². The van der Waals surface area contributed by atoms with Crippen molar-refractivity contribution in [2.75, 3.05) is 12.4 Å². The second kappa shape index (κ2) is 9.31. The van der Waals surface area contributed by atoms with Crippen LogP contribution < -0.4 is 14.8 Å². The molecule has 9 heteroatoms. The Balaban J connectivity index is 1.47. The highest BCUT2D eigenvalue weighted by Crippen LogP contribution is 2.30. The van der Waals surface area contributed by atoms with Crippen molar-refractivity contribution in [3.8, 4) is 22.2 Å². The van der Waals surface area contributed by atoms with Crippen LogP contribution in [0.5, 0.6) is 11.6 Å². The van der Waals surface area contributed by atoms with Gasteiger partial charge >= 0.3 is 0 Å². The molecule has 0 aliphatic carbocycles. The van der Waals surface area contributed by atoms with E-state index in [0.717, 1.165) is 11.1 Å². The van der Waals surface area contributed by atoms with Gasteiger partial charge in [-0.1, -0.05) is 41.7 Å². The lowest BCUT2D eigenvalue weighted by molar-refractivity contribution is 0.102. The first-order valence-electron chi connectivity index (χ1n) is 9.45. The summed E-state index contributed by atoms with van der Waals surface area (Å²) in [5, 5.41) is 11.9. The molecule has 0 unspecified atom stereocenters. The minimum Gasteiger partial charge on any atom is -0.491 e. The smallest absolute Gasteiger partial charge is 0.259 e. The Morgan fingerprint density at radius 3 is 2.61 bits per heavy atom. The fraction of sp³-hybridized carbons (Fsp3) is 0.136. The molecule has 3 aromatic heterocycles. The summed E-state index contributed by atoms with van der Waals surface area (Å²) < 4.78 is 11.3. The van der Waals surface area contributed by atoms with Gasteiger partial charge in [-0.3, -0.25) is 15.1 Å². The number of hydrogen-bond donors (Lipinski definition) is 1. The molecule has 0 aliphatic rings. The van der Waals surface area contributed by atoms with Gasteiger partial charge in [-0.2, -0.15) is 0 Å². The Hall–Kier alpha value is -3.85. The molecule has 1 aromatic carbocycles. The predicted octanol–water partition coefficient (Wildman–Crippen LogP) is 4.40. The van der Waals surface area contributed by atoms with E-state index in [-0.39, 0.29) is 12.0 Å². The zero-order valence-corrected chi connectivity index (χ0v) is 17.7. The third-order valence-electron chi connectivity index (χ3n) is 4.43. The lowest BCUT2D eigenvalue weighted by Gasteiger charge is -2.16. The molecule has 4 aromatic rings. The lowest BCUT2D eigenvalue weighted by atomic mass is 10.1. The Morgan fingerprint density at radius 1 is 1.10 bits per heavy atom. The van der Waals surface area contributed by atoms with E-state index in [2.05, 4.69) is 25.5 Å². The molecule has 1 amide bonds. The second-order valence-electron chi connectivity index (χ2n) is 6.50. The van der Waals surface area contributed by atoms with E-state index < -0.39 is 0 Å². The first kappa shape index (κ1) is 20.4. The Morgan fingerprint density at radius 2 is 1.87 bits per heavy atom. The summed E-state index contributed by atoms with van der Waals surface area (Å²) in [5.41, 5.74) is 2.21. The molecular formula is C22H19N5O3S. The van der Waals surface area contributed by atoms with Crippen molar-refractivity contribution in [1.29, 1.82) is 0 Å². The van der Waals surface area contributed by atoms with E-state index in [1.165, 1.54) is 24.6 Å². The lowest BCUT2D eigenvalue weighted by Crippen LogP contribution is -2.13. The van der Waals surface area contributed by atoms with Crippen LogP contribution >= 0.6 is 11.3 Å². The van der Waals surface area contributed by atoms with Crippen LogP contribution in [0.1, 0.15) is 28.9 Å². The topological polar surface area (TPSA) is 99.1 Å². The van der Waals surface area contributed by atoms with Gasteiger partial charge in [0, 0.05) is 30.2 Å². The molecule has 156 valence electrons. The molecule has 4 rings (SSSR count). The van der Waals surface area contributed by atoms with Crippen molar-refractivity contribution in [3.05, 3.63) is 78.2 Å². The van der Waals surface area contributed by atoms with E-state index in [1.54, 1.807) is 18.5 Å². The van der Waals surface area contributed by atoms with Crippen LogP contribution in [0.4, 0.5) is 5.13 Å². The second-order valence-corrected chi connectivity index (χ2v) is 7.48. The number of amides is 1. The largest absolute Gasteiger partial charge is 0.491 e. The van der Waals surface area contributed by atoms with E-state index in [1.807, 2.05) is 49.4 Å². The third-order valence-corrected chi connectivity index (χ3v) is 5.32. The molecule has 0 bridgehead atoms. The summed E-state index contributed by atoms with van der Waals surface area (Å²) in [6.07, 6.45) is 4.57. The van der Waals surface area contributed by atoms with Gasteiger partial charge < -0.3 is 9.47 Å². The number of rotatable bonds is 7. The molecule has 0 radical (unpaired) electrons. The number of ether oxygens (including phenoxy) is 2. The van der Waals surface area contributed by atoms with Crippen molar-refractivity contribution in [2.24, 2.45) is 0 Å². The normalized spacial score (nSPS) is 11.5. The van der Waals surface area contributed by atoms with E-state index in [4.69, 9.17) is 9.47 Å². The number of methoxy groups -OCH3 is 1. The summed E-state index contributed by atoms with van der Waals surface area (Å²) in [7, 11) is 1.50. The predicted molar refractivity (Wildman–Crippen MR) is 117 cm³/mol. The molecule has 3 heterocycles. The van der Waals surface area contributed by atoms with Crippen LogP contribution in [0.3, 0.4) is 0 Å². The quantitative estimate of drug-likeness (QED) is 0.461. The zero-order valence-electron chi connectivity index (χ0n) is 16.9. The van der Waals surface area contributed by atoms with Crippen LogP contribution in [-0.2, 0) is 0 Å². The minimum absolute atomic E-state index is 0.227. The molecule has 0 fully saturated rings. The molecule has 1 N–H and O–H groups in total. The number of hydrogen-bond acceptors (Lipinski definition) is 8. The van der Waals surface area contributed by atoms with Crippen LogP contribution in [0.15, 0.2) is 67.1 Å². The highest BCUT2D eigenvalue weighted by atomic mass is 32.1. The highest BCUT2D eigenvalue weighted by Gasteiger charge is 2.17. The number of nitrogens with zero attached hydrogens (tertiary/aromatic N) is 4. The Labute approximate surface area is 182 Å². The van der Waals surface area contributed by atoms with Gasteiger partial charge in [-0.15, -0.1) is 10.2 Å². The van der Waals surface area contributed by atoms with Gasteiger partial charge in [0.1, 0.15) is 11.1 Å². The van der Waals surface area contributed by atoms with Gasteiger partial charge in [0.15, 0.2) is 5.75 Å². The maximum absolute atomic E-state index is 12.7. The molecule has 31 heavy (non-hydrogen) atoms. The maximum Gasteiger partial charge on any atom is 0.259 e. The molecular weight excluding hydrogens is 414 g/mol. The summed E-state index contributed by atoms with van der Waals surface area (Å²) in [5.74, 6) is 0.308. The third kappa shape index (κ3) is 4.84. The van der Waals surface area contributed by atoms with Crippen molar-refractivity contribution in [3.63, 3.8) is 0 Å². The molecule has 0 saturated heterocycles. The zero-order chi connectivity index (χ0) is 21.6. The number of carbonyl (C=O) groups is 1. The van der Waals surface area contributed by atoms with Gasteiger partial charge in [0.25, 0.3) is 11.8 Å². The standard InChI is InChI=1S/C22H19N5O3S/c1-14(15-6-4-3-5-7-15)30-20-18(29-2)12-17(13-24-20)19(28)25-22-27-26-21(31-22)16-8-10-23-11-9-16/h3-14H,1-2H3,(H,25,27,28)/t14-/m0/s1. The Bertz CT molecular complexity index is 1170. The molecule has 8 nitrogen and oxygen atoms in total. The monoisotopic (exact) mass is 433 g/mol. The van der Waals surface area contributed by atoms with Gasteiger partial charge in [-0.25, -0.2) is 4.98 Å². The van der Waals surface area contributed by atoms with Crippen LogP contribution in [0.25, 0.3) is 10.6 Å². The Kier molecular flexibility index (Phi) is 6.13. The highest BCUT2D eigenvalue weighted by molar-refractivity contribution is 7.18. The summed E-state index contributed by atoms with van der Waals surface area (Å²) in [6.45, 7) is 1.92. The number of carbonyl (C=O) groups excluding carboxylic acids is 1. The first-order chi connectivity index (χ1) is 15.1. The van der Waals surface area contributed by atoms with E-state index in [9.17, 15) is 4.79 Å². The van der Waals surface area contributed by atoms with Gasteiger partial charge in [-0.05, 0) is 24.6 Å². The minimum atomic E-state index is -0.370. The fourth-order valence-electron chi connectivity index (χ4n) is 2.80. The average Bonchev–Trinajstić information content (AvgIpc) is 3.29. The van der Waals surface area contributed by atoms with Crippen molar-refractivity contribution in [2.45, 2.75) is 13.0 Å². The van der Waals surface area contributed by atoms with Crippen molar-refractivity contribution < 1.29 is 14.3 Å². The number of benzene rings is 1. The fourth-order valence-corrected chi connectivity index (χ4v) is 3.55. The van der Waals surface area contributed by atoms with Crippen molar-refractivity contribution in [1.82, 2.24) is 20.2 Å². The summed E-state index contributed by atoms with van der Waals surface area (Å²) in [4.78, 5) is 20.9. The molecule has 0 aliphatic heterocycles. The summed E-state index contributed by atoms with van der Waals surface area (Å²) >= 11 is 1.27. The van der Waals surface area contributed by atoms with Crippen LogP contribution in [0, 0.1) is 0 Å². The van der Waals surface area contributed by atoms with Crippen molar-refractivity contribution >= 4 is 22.4 Å².